The minimum Gasteiger partial charge on any atom is -0.325 e. The Hall–Kier alpha value is -0.820. The van der Waals surface area contributed by atoms with E-state index in [2.05, 4.69) is 38.1 Å². The second-order valence-corrected chi connectivity index (χ2v) is 6.52. The number of hydrogen-bond acceptors (Lipinski definition) is 1. The predicted octanol–water partition coefficient (Wildman–Crippen LogP) is 3.62. The number of benzene rings is 1. The molecule has 0 spiro atoms. The first-order valence-electron chi connectivity index (χ1n) is 6.91. The second kappa shape index (κ2) is 3.58. The van der Waals surface area contributed by atoms with Crippen LogP contribution in [0.5, 0.6) is 0 Å². The Balaban J connectivity index is 2.00. The van der Waals surface area contributed by atoms with Gasteiger partial charge in [-0.3, -0.25) is 0 Å². The number of rotatable bonds is 2. The highest BCUT2D eigenvalue weighted by molar-refractivity contribution is 5.35. The lowest BCUT2D eigenvalue weighted by Gasteiger charge is -2.43. The monoisotopic (exact) mass is 229 g/mol. The van der Waals surface area contributed by atoms with Crippen molar-refractivity contribution in [3.05, 3.63) is 35.4 Å². The Bertz CT molecular complexity index is 429. The molecule has 0 radical (unpaired) electrons. The molecule has 1 aromatic carbocycles. The molecule has 1 aromatic rings. The lowest BCUT2D eigenvalue weighted by Crippen LogP contribution is -2.44. The van der Waals surface area contributed by atoms with Gasteiger partial charge < -0.3 is 5.73 Å². The van der Waals surface area contributed by atoms with Crippen LogP contribution in [-0.4, -0.2) is 5.54 Å². The quantitative estimate of drug-likeness (QED) is 0.823. The summed E-state index contributed by atoms with van der Waals surface area (Å²) in [5.41, 5.74) is 9.98. The summed E-state index contributed by atoms with van der Waals surface area (Å²) in [7, 11) is 0. The van der Waals surface area contributed by atoms with Crippen LogP contribution in [0.4, 0.5) is 0 Å². The van der Waals surface area contributed by atoms with Crippen molar-refractivity contribution in [2.75, 3.05) is 0 Å². The highest BCUT2D eigenvalue weighted by Gasteiger charge is 2.55. The molecule has 1 atom stereocenters. The molecule has 2 aliphatic rings. The van der Waals surface area contributed by atoms with E-state index in [1.165, 1.54) is 32.1 Å². The van der Waals surface area contributed by atoms with Gasteiger partial charge in [0.2, 0.25) is 0 Å². The van der Waals surface area contributed by atoms with Gasteiger partial charge in [0.1, 0.15) is 0 Å². The van der Waals surface area contributed by atoms with Gasteiger partial charge >= 0.3 is 0 Å². The Kier molecular flexibility index (Phi) is 2.38. The summed E-state index contributed by atoms with van der Waals surface area (Å²) in [6, 6.07) is 8.98. The first-order chi connectivity index (χ1) is 8.05. The highest BCUT2D eigenvalue weighted by atomic mass is 14.9. The largest absolute Gasteiger partial charge is 0.325 e. The zero-order valence-electron chi connectivity index (χ0n) is 11.0. The van der Waals surface area contributed by atoms with Crippen LogP contribution in [0.25, 0.3) is 0 Å². The van der Waals surface area contributed by atoms with E-state index in [0.29, 0.717) is 5.92 Å². The number of hydrogen-bond donors (Lipinski definition) is 1. The second-order valence-electron chi connectivity index (χ2n) is 6.52. The zero-order chi connectivity index (χ0) is 12.1. The van der Waals surface area contributed by atoms with E-state index >= 15 is 0 Å². The molecule has 3 rings (SSSR count). The van der Waals surface area contributed by atoms with Crippen LogP contribution in [-0.2, 0) is 6.42 Å². The van der Waals surface area contributed by atoms with Crippen molar-refractivity contribution >= 4 is 0 Å². The van der Waals surface area contributed by atoms with Crippen LogP contribution >= 0.6 is 0 Å². The summed E-state index contributed by atoms with van der Waals surface area (Å²) in [5.74, 6) is 0.653. The van der Waals surface area contributed by atoms with Crippen molar-refractivity contribution in [1.29, 1.82) is 0 Å². The maximum absolute atomic E-state index is 6.51. The average Bonchev–Trinajstić information content (AvgIpc) is 3.08. The molecule has 17 heavy (non-hydrogen) atoms. The van der Waals surface area contributed by atoms with Gasteiger partial charge in [-0.05, 0) is 54.6 Å². The van der Waals surface area contributed by atoms with Gasteiger partial charge in [0.25, 0.3) is 0 Å². The predicted molar refractivity (Wildman–Crippen MR) is 72.1 cm³/mol. The molecule has 1 fully saturated rings. The van der Waals surface area contributed by atoms with Crippen molar-refractivity contribution in [2.24, 2.45) is 11.1 Å². The summed E-state index contributed by atoms with van der Waals surface area (Å²) in [6.45, 7) is 4.76. The number of aryl methyl sites for hydroxylation is 1. The fourth-order valence-electron chi connectivity index (χ4n) is 3.63. The normalized spacial score (nSPS) is 26.4. The molecule has 2 aliphatic carbocycles. The molecule has 0 aromatic heterocycles. The van der Waals surface area contributed by atoms with Gasteiger partial charge in [-0.15, -0.1) is 0 Å². The Labute approximate surface area is 104 Å². The van der Waals surface area contributed by atoms with E-state index in [1.54, 1.807) is 11.1 Å². The third-order valence-corrected chi connectivity index (χ3v) is 5.31. The SMILES string of the molecule is CC(C)(C1CCCc2ccccc21)C1(N)CC1. The summed E-state index contributed by atoms with van der Waals surface area (Å²) < 4.78 is 0. The maximum atomic E-state index is 6.51. The first kappa shape index (κ1) is 11.3. The summed E-state index contributed by atoms with van der Waals surface area (Å²) >= 11 is 0. The molecule has 2 N–H and O–H groups in total. The van der Waals surface area contributed by atoms with Crippen molar-refractivity contribution in [1.82, 2.24) is 0 Å². The van der Waals surface area contributed by atoms with Gasteiger partial charge in [0.05, 0.1) is 0 Å². The Morgan fingerprint density at radius 3 is 2.65 bits per heavy atom. The summed E-state index contributed by atoms with van der Waals surface area (Å²) in [5, 5.41) is 0. The van der Waals surface area contributed by atoms with Gasteiger partial charge in [0.15, 0.2) is 0 Å². The Morgan fingerprint density at radius 2 is 1.94 bits per heavy atom. The van der Waals surface area contributed by atoms with Crippen LogP contribution in [0.2, 0.25) is 0 Å². The maximum Gasteiger partial charge on any atom is 0.0213 e. The van der Waals surface area contributed by atoms with E-state index in [9.17, 15) is 0 Å². The van der Waals surface area contributed by atoms with Crippen LogP contribution in [0.3, 0.4) is 0 Å². The van der Waals surface area contributed by atoms with Gasteiger partial charge in [-0.1, -0.05) is 38.1 Å². The van der Waals surface area contributed by atoms with Crippen LogP contribution in [0.1, 0.15) is 56.6 Å². The van der Waals surface area contributed by atoms with Gasteiger partial charge in [-0.25, -0.2) is 0 Å². The van der Waals surface area contributed by atoms with Crippen molar-refractivity contribution < 1.29 is 0 Å². The molecule has 0 amide bonds. The van der Waals surface area contributed by atoms with E-state index in [-0.39, 0.29) is 11.0 Å². The van der Waals surface area contributed by atoms with E-state index in [0.717, 1.165) is 0 Å². The number of nitrogens with two attached hydrogens (primary N) is 1. The number of fused-ring (bicyclic) bond motifs is 1. The summed E-state index contributed by atoms with van der Waals surface area (Å²) in [6.07, 6.45) is 6.29. The lowest BCUT2D eigenvalue weighted by atomic mass is 9.64. The molecule has 0 saturated heterocycles. The molecule has 1 saturated carbocycles. The van der Waals surface area contributed by atoms with Crippen LogP contribution in [0, 0.1) is 5.41 Å². The van der Waals surface area contributed by atoms with Crippen LogP contribution in [0.15, 0.2) is 24.3 Å². The highest BCUT2D eigenvalue weighted by Crippen LogP contribution is 2.57. The summed E-state index contributed by atoms with van der Waals surface area (Å²) in [4.78, 5) is 0. The molecule has 92 valence electrons. The molecule has 0 bridgehead atoms. The molecule has 0 aliphatic heterocycles. The minimum atomic E-state index is 0.0993. The van der Waals surface area contributed by atoms with Crippen molar-refractivity contribution in [3.63, 3.8) is 0 Å². The average molecular weight is 229 g/mol. The molecule has 1 heteroatoms. The van der Waals surface area contributed by atoms with Crippen LogP contribution < -0.4 is 5.73 Å². The molecular weight excluding hydrogens is 206 g/mol. The van der Waals surface area contributed by atoms with Crippen molar-refractivity contribution in [2.45, 2.75) is 57.4 Å². The first-order valence-corrected chi connectivity index (χ1v) is 6.91. The minimum absolute atomic E-state index is 0.0993. The fraction of sp³-hybridized carbons (Fsp3) is 0.625. The van der Waals surface area contributed by atoms with E-state index in [4.69, 9.17) is 5.73 Å². The van der Waals surface area contributed by atoms with Gasteiger partial charge in [-0.2, -0.15) is 0 Å². The standard InChI is InChI=1S/C16H23N/c1-15(2,16(17)10-11-16)14-9-5-7-12-6-3-4-8-13(12)14/h3-4,6,8,14H,5,7,9-11,17H2,1-2H3. The Morgan fingerprint density at radius 1 is 1.24 bits per heavy atom. The third kappa shape index (κ3) is 1.63. The van der Waals surface area contributed by atoms with E-state index in [1.807, 2.05) is 0 Å². The smallest absolute Gasteiger partial charge is 0.0213 e. The van der Waals surface area contributed by atoms with E-state index < -0.39 is 0 Å². The fourth-order valence-corrected chi connectivity index (χ4v) is 3.63. The molecule has 0 heterocycles. The lowest BCUT2D eigenvalue weighted by molar-refractivity contribution is 0.190. The van der Waals surface area contributed by atoms with Crippen molar-refractivity contribution in [3.8, 4) is 0 Å². The molecular formula is C16H23N. The topological polar surface area (TPSA) is 26.0 Å². The third-order valence-electron chi connectivity index (χ3n) is 5.31. The molecule has 1 unspecified atom stereocenters. The molecule has 1 nitrogen and oxygen atoms in total. The zero-order valence-corrected chi connectivity index (χ0v) is 11.0. The van der Waals surface area contributed by atoms with Gasteiger partial charge in [0, 0.05) is 5.54 Å².